The molecule has 0 fully saturated rings. The van der Waals surface area contributed by atoms with E-state index in [1.807, 2.05) is 0 Å². The van der Waals surface area contributed by atoms with Gasteiger partial charge < -0.3 is 19.6 Å². The molecule has 9 heteroatoms. The van der Waals surface area contributed by atoms with Crippen molar-refractivity contribution in [3.05, 3.63) is 70.4 Å². The van der Waals surface area contributed by atoms with Crippen LogP contribution in [-0.4, -0.2) is 22.6 Å². The summed E-state index contributed by atoms with van der Waals surface area (Å²) in [6.07, 6.45) is 0. The molecule has 1 amide bonds. The van der Waals surface area contributed by atoms with Gasteiger partial charge in [-0.1, -0.05) is 74.3 Å². The number of amides is 1. The Balaban J connectivity index is 2.07. The molecule has 0 atom stereocenters. The predicted octanol–water partition coefficient (Wildman–Crippen LogP) is 5.39. The Morgan fingerprint density at radius 1 is 0.971 bits per heavy atom. The second-order valence-corrected chi connectivity index (χ2v) is 9.69. The summed E-state index contributed by atoms with van der Waals surface area (Å²) < 4.78 is 5.83. The number of carboxylic acids is 1. The van der Waals surface area contributed by atoms with Crippen molar-refractivity contribution in [2.75, 3.05) is 5.32 Å². The highest BCUT2D eigenvalue weighted by atomic mass is 35.5. The first-order valence-electron chi connectivity index (χ1n) is 10.5. The molecule has 0 bridgehead atoms. The Hall–Kier alpha value is -3.68. The van der Waals surface area contributed by atoms with Gasteiger partial charge in [0.2, 0.25) is 11.5 Å². The number of Topliss-reactive ketones (excluding diaryl/α,β-unsaturated/α-hetero) is 1. The molecule has 35 heavy (non-hydrogen) atoms. The van der Waals surface area contributed by atoms with Crippen molar-refractivity contribution in [1.82, 2.24) is 4.98 Å². The van der Waals surface area contributed by atoms with Crippen LogP contribution < -0.4 is 10.4 Å². The monoisotopic (exact) mass is 509 g/mol. The largest absolute Gasteiger partial charge is 0.540 e. The van der Waals surface area contributed by atoms with Crippen LogP contribution in [0.25, 0.3) is 33.5 Å². The lowest BCUT2D eigenvalue weighted by Crippen LogP contribution is -2.36. The Morgan fingerprint density at radius 3 is 2.23 bits per heavy atom. The van der Waals surface area contributed by atoms with Crippen molar-refractivity contribution in [2.24, 2.45) is 5.41 Å². The van der Waals surface area contributed by atoms with Gasteiger partial charge >= 0.3 is 0 Å². The molecule has 4 aromatic rings. The molecule has 0 aliphatic rings. The predicted molar refractivity (Wildman–Crippen MR) is 132 cm³/mol. The van der Waals surface area contributed by atoms with E-state index in [4.69, 9.17) is 27.6 Å². The lowest BCUT2D eigenvalue weighted by molar-refractivity contribution is -0.299. The first kappa shape index (κ1) is 24.4. The fraction of sp³-hybridized carbons (Fsp3) is 0.154. The lowest BCUT2D eigenvalue weighted by atomic mass is 9.88. The van der Waals surface area contributed by atoms with Crippen molar-refractivity contribution in [1.29, 1.82) is 0 Å². The average Bonchev–Trinajstić information content (AvgIpc) is 3.15. The molecule has 0 saturated heterocycles. The summed E-state index contributed by atoms with van der Waals surface area (Å²) in [5.74, 6) is -4.03. The Kier molecular flexibility index (Phi) is 6.40. The zero-order chi connectivity index (χ0) is 25.5. The summed E-state index contributed by atoms with van der Waals surface area (Å²) in [7, 11) is 0. The van der Waals surface area contributed by atoms with E-state index in [9.17, 15) is 19.5 Å². The molecule has 1 N–H and O–H groups in total. The van der Waals surface area contributed by atoms with Gasteiger partial charge in [0.05, 0.1) is 11.1 Å². The van der Waals surface area contributed by atoms with Crippen molar-refractivity contribution in [3.63, 3.8) is 0 Å². The van der Waals surface area contributed by atoms with Crippen LogP contribution in [0.3, 0.4) is 0 Å². The third-order valence-corrected chi connectivity index (χ3v) is 5.86. The van der Waals surface area contributed by atoms with Gasteiger partial charge in [-0.25, -0.2) is 4.98 Å². The zero-order valence-electron chi connectivity index (χ0n) is 18.9. The van der Waals surface area contributed by atoms with Crippen molar-refractivity contribution >= 4 is 57.6 Å². The van der Waals surface area contributed by atoms with Crippen LogP contribution in [0.4, 0.5) is 5.69 Å². The quantitative estimate of drug-likeness (QED) is 0.291. The van der Waals surface area contributed by atoms with E-state index >= 15 is 0 Å². The highest BCUT2D eigenvalue weighted by Crippen LogP contribution is 2.41. The number of hydrogen-bond donors (Lipinski definition) is 1. The van der Waals surface area contributed by atoms with Gasteiger partial charge in [-0.15, -0.1) is 0 Å². The highest BCUT2D eigenvalue weighted by molar-refractivity contribution is 6.37. The maximum Gasteiger partial charge on any atom is 0.271 e. The Bertz CT molecular complexity index is 1480. The van der Waals surface area contributed by atoms with E-state index in [-0.39, 0.29) is 22.5 Å². The smallest absolute Gasteiger partial charge is 0.271 e. The number of carbonyl (C=O) groups excluding carboxylic acids is 3. The van der Waals surface area contributed by atoms with Gasteiger partial charge in [-0.3, -0.25) is 9.59 Å². The molecule has 7 nitrogen and oxygen atoms in total. The number of pyridine rings is 1. The van der Waals surface area contributed by atoms with Crippen LogP contribution in [0, 0.1) is 5.41 Å². The summed E-state index contributed by atoms with van der Waals surface area (Å²) in [5, 5.41) is 14.6. The summed E-state index contributed by atoms with van der Waals surface area (Å²) in [6.45, 7) is 5.03. The molecule has 2 heterocycles. The number of nitrogens with one attached hydrogen (secondary N) is 1. The fourth-order valence-corrected chi connectivity index (χ4v) is 3.87. The first-order valence-corrected chi connectivity index (χ1v) is 11.3. The summed E-state index contributed by atoms with van der Waals surface area (Å²) in [6, 6.07) is 15.8. The number of rotatable bonds is 4. The molecule has 4 rings (SSSR count). The van der Waals surface area contributed by atoms with Crippen molar-refractivity contribution in [3.8, 4) is 22.4 Å². The minimum absolute atomic E-state index is 0.0267. The van der Waals surface area contributed by atoms with Gasteiger partial charge in [0.1, 0.15) is 11.7 Å². The van der Waals surface area contributed by atoms with Crippen LogP contribution in [0.2, 0.25) is 10.0 Å². The lowest BCUT2D eigenvalue weighted by Gasteiger charge is -2.15. The number of nitrogens with zero attached hydrogens (tertiary/aromatic N) is 1. The zero-order valence-corrected chi connectivity index (χ0v) is 20.5. The number of hydrogen-bond acceptors (Lipinski definition) is 6. The maximum absolute atomic E-state index is 13.1. The normalized spacial score (nSPS) is 11.5. The fourth-order valence-electron chi connectivity index (χ4n) is 3.52. The summed E-state index contributed by atoms with van der Waals surface area (Å²) in [4.78, 5) is 41.0. The second kappa shape index (κ2) is 9.17. The first-order chi connectivity index (χ1) is 16.5. The van der Waals surface area contributed by atoms with E-state index in [2.05, 4.69) is 10.3 Å². The van der Waals surface area contributed by atoms with Gasteiger partial charge in [0.25, 0.3) is 5.91 Å². The number of ketones is 1. The molecule has 0 aliphatic heterocycles. The van der Waals surface area contributed by atoms with Gasteiger partial charge in [0.15, 0.2) is 5.76 Å². The molecule has 0 saturated carbocycles. The van der Waals surface area contributed by atoms with E-state index in [1.165, 1.54) is 0 Å². The number of anilines is 1. The third-order valence-electron chi connectivity index (χ3n) is 5.28. The molecular formula is C26H19Cl2N2O5-. The third kappa shape index (κ3) is 4.78. The van der Waals surface area contributed by atoms with Crippen LogP contribution >= 0.6 is 23.2 Å². The Morgan fingerprint density at radius 2 is 1.63 bits per heavy atom. The topological polar surface area (TPSA) is 112 Å². The molecular weight excluding hydrogens is 491 g/mol. The minimum atomic E-state index is -1.95. The molecule has 2 aromatic carbocycles. The van der Waals surface area contributed by atoms with Crippen molar-refractivity contribution < 1.29 is 23.9 Å². The van der Waals surface area contributed by atoms with Crippen LogP contribution in [0.15, 0.2) is 59.0 Å². The number of furan rings is 1. The minimum Gasteiger partial charge on any atom is -0.540 e. The molecule has 0 unspecified atom stereocenters. The average molecular weight is 510 g/mol. The maximum atomic E-state index is 13.1. The highest BCUT2D eigenvalue weighted by Gasteiger charge is 2.32. The molecule has 0 radical (unpaired) electrons. The van der Waals surface area contributed by atoms with Gasteiger partial charge in [-0.05, 0) is 29.8 Å². The number of carbonyl (C=O) groups is 3. The number of fused-ring (bicyclic) bond motifs is 1. The van der Waals surface area contributed by atoms with E-state index in [1.54, 1.807) is 75.4 Å². The summed E-state index contributed by atoms with van der Waals surface area (Å²) in [5.41, 5.74) is 1.44. The van der Waals surface area contributed by atoms with Crippen LogP contribution in [0.5, 0.6) is 0 Å². The van der Waals surface area contributed by atoms with Crippen LogP contribution in [-0.2, 0) is 9.59 Å². The summed E-state index contributed by atoms with van der Waals surface area (Å²) >= 11 is 12.5. The second-order valence-electron chi connectivity index (χ2n) is 8.85. The van der Waals surface area contributed by atoms with Crippen molar-refractivity contribution in [2.45, 2.75) is 20.8 Å². The van der Waals surface area contributed by atoms with Gasteiger partial charge in [0, 0.05) is 26.6 Å². The molecule has 178 valence electrons. The number of aliphatic carboxylic acids is 1. The van der Waals surface area contributed by atoms with E-state index in [0.717, 1.165) is 5.56 Å². The number of aromatic nitrogens is 1. The Labute approximate surface area is 210 Å². The number of carboxylic acid groups (broad SMARTS) is 1. The van der Waals surface area contributed by atoms with Crippen LogP contribution in [0.1, 0.15) is 31.3 Å². The standard InChI is InChI=1S/C26H20Cl2N2O5/c1-26(2,3)22(31)21-20(29-23(32)25(33)34)17-12-16(13-8-10-14(27)11-9-13)19(30-24(17)35-21)15-6-4-5-7-18(15)28/h4-12H,1-3H3,(H,29,32)(H,33,34)/p-1. The number of halogens is 2. The molecule has 0 aliphatic carbocycles. The van der Waals surface area contributed by atoms with E-state index < -0.39 is 23.1 Å². The molecule has 2 aromatic heterocycles. The molecule has 0 spiro atoms. The SMILES string of the molecule is CC(C)(C)C(=O)c1oc2nc(-c3ccccc3Cl)c(-c3ccc(Cl)cc3)cc2c1NC(=O)C(=O)[O-]. The number of benzene rings is 2. The van der Waals surface area contributed by atoms with Gasteiger partial charge in [-0.2, -0.15) is 0 Å². The van der Waals surface area contributed by atoms with E-state index in [0.29, 0.717) is 26.9 Å².